The van der Waals surface area contributed by atoms with Crippen LogP contribution in [0.15, 0.2) is 61.2 Å². The molecule has 104 valence electrons. The molecule has 1 N–H and O–H groups in total. The molecule has 0 bridgehead atoms. The molecule has 0 saturated heterocycles. The quantitative estimate of drug-likeness (QED) is 0.609. The highest BCUT2D eigenvalue weighted by Crippen LogP contribution is 2.19. The van der Waals surface area contributed by atoms with Crippen molar-refractivity contribution in [1.29, 1.82) is 0 Å². The molecular weight excluding hydrogens is 270 g/mol. The van der Waals surface area contributed by atoms with Crippen LogP contribution in [0.1, 0.15) is 11.1 Å². The van der Waals surface area contributed by atoms with E-state index in [1.807, 2.05) is 48.5 Å². The van der Waals surface area contributed by atoms with Gasteiger partial charge in [0.15, 0.2) is 0 Å². The minimum Gasteiger partial charge on any atom is -0.489 e. The summed E-state index contributed by atoms with van der Waals surface area (Å²) in [6.07, 6.45) is 1.84. The largest absolute Gasteiger partial charge is 0.489 e. The Kier molecular flexibility index (Phi) is 5.66. The zero-order valence-corrected chi connectivity index (χ0v) is 12.1. The second kappa shape index (κ2) is 7.73. The molecule has 0 spiro atoms. The fourth-order valence-electron chi connectivity index (χ4n) is 1.84. The van der Waals surface area contributed by atoms with Crippen LogP contribution in [-0.4, -0.2) is 6.54 Å². The Bertz CT molecular complexity index is 551. The van der Waals surface area contributed by atoms with Crippen molar-refractivity contribution in [2.45, 2.75) is 13.2 Å². The molecule has 0 aromatic heterocycles. The highest BCUT2D eigenvalue weighted by Gasteiger charge is 2.03. The van der Waals surface area contributed by atoms with E-state index in [9.17, 15) is 0 Å². The van der Waals surface area contributed by atoms with Gasteiger partial charge in [0.1, 0.15) is 12.4 Å². The Labute approximate surface area is 125 Å². The van der Waals surface area contributed by atoms with E-state index < -0.39 is 0 Å². The highest BCUT2D eigenvalue weighted by molar-refractivity contribution is 6.30. The van der Waals surface area contributed by atoms with Gasteiger partial charge in [0.2, 0.25) is 0 Å². The zero-order valence-electron chi connectivity index (χ0n) is 11.3. The smallest absolute Gasteiger partial charge is 0.124 e. The lowest BCUT2D eigenvalue weighted by Gasteiger charge is -2.12. The van der Waals surface area contributed by atoms with Crippen LogP contribution in [0.3, 0.4) is 0 Å². The van der Waals surface area contributed by atoms with Gasteiger partial charge in [-0.15, -0.1) is 6.58 Å². The minimum absolute atomic E-state index is 0.537. The van der Waals surface area contributed by atoms with Gasteiger partial charge in [-0.1, -0.05) is 48.0 Å². The second-order valence-corrected chi connectivity index (χ2v) is 4.88. The van der Waals surface area contributed by atoms with Crippen LogP contribution >= 0.6 is 11.6 Å². The maximum atomic E-state index is 5.88. The average Bonchev–Trinajstić information content (AvgIpc) is 2.48. The lowest BCUT2D eigenvalue weighted by Crippen LogP contribution is -2.13. The standard InChI is InChI=1S/C17H18ClNO/c1-2-11-19-12-15-5-3-4-6-17(15)20-13-14-7-9-16(18)10-8-14/h2-10,19H,1,11-13H2. The first kappa shape index (κ1) is 14.6. The first-order valence-electron chi connectivity index (χ1n) is 6.56. The number of nitrogens with one attached hydrogen (secondary N) is 1. The van der Waals surface area contributed by atoms with Gasteiger partial charge in [-0.25, -0.2) is 0 Å². The summed E-state index contributed by atoms with van der Waals surface area (Å²) in [6, 6.07) is 15.7. The molecule has 2 rings (SSSR count). The van der Waals surface area contributed by atoms with E-state index in [1.54, 1.807) is 0 Å². The topological polar surface area (TPSA) is 21.3 Å². The van der Waals surface area contributed by atoms with Gasteiger partial charge in [-0.3, -0.25) is 0 Å². The van der Waals surface area contributed by atoms with E-state index in [2.05, 4.69) is 18.0 Å². The van der Waals surface area contributed by atoms with Crippen LogP contribution in [0, 0.1) is 0 Å². The van der Waals surface area contributed by atoms with E-state index >= 15 is 0 Å². The van der Waals surface area contributed by atoms with Gasteiger partial charge in [0.25, 0.3) is 0 Å². The van der Waals surface area contributed by atoms with Gasteiger partial charge in [-0.2, -0.15) is 0 Å². The molecule has 2 aromatic carbocycles. The second-order valence-electron chi connectivity index (χ2n) is 4.44. The van der Waals surface area contributed by atoms with Crippen molar-refractivity contribution in [2.75, 3.05) is 6.54 Å². The molecule has 20 heavy (non-hydrogen) atoms. The summed E-state index contributed by atoms with van der Waals surface area (Å²) < 4.78 is 5.88. The monoisotopic (exact) mass is 287 g/mol. The summed E-state index contributed by atoms with van der Waals surface area (Å²) in [5.41, 5.74) is 2.24. The maximum Gasteiger partial charge on any atom is 0.124 e. The van der Waals surface area contributed by atoms with Crippen LogP contribution < -0.4 is 10.1 Å². The Balaban J connectivity index is 1.97. The third-order valence-electron chi connectivity index (χ3n) is 2.88. The number of halogens is 1. The molecular formula is C17H18ClNO. The average molecular weight is 288 g/mol. The molecule has 0 amide bonds. The van der Waals surface area contributed by atoms with Gasteiger partial charge < -0.3 is 10.1 Å². The number of ether oxygens (including phenoxy) is 1. The first-order valence-corrected chi connectivity index (χ1v) is 6.94. The molecule has 0 aliphatic heterocycles. The van der Waals surface area contributed by atoms with E-state index in [1.165, 1.54) is 0 Å². The van der Waals surface area contributed by atoms with Crippen molar-refractivity contribution >= 4 is 11.6 Å². The van der Waals surface area contributed by atoms with Crippen molar-refractivity contribution in [3.63, 3.8) is 0 Å². The van der Waals surface area contributed by atoms with Gasteiger partial charge in [0, 0.05) is 23.7 Å². The lowest BCUT2D eigenvalue weighted by molar-refractivity contribution is 0.302. The Hall–Kier alpha value is -1.77. The summed E-state index contributed by atoms with van der Waals surface area (Å²) in [5.74, 6) is 0.902. The van der Waals surface area contributed by atoms with E-state index in [0.29, 0.717) is 6.61 Å². The Morgan fingerprint density at radius 2 is 1.85 bits per heavy atom. The molecule has 0 radical (unpaired) electrons. The molecule has 0 aliphatic rings. The number of rotatable bonds is 7. The normalized spacial score (nSPS) is 10.2. The summed E-state index contributed by atoms with van der Waals surface area (Å²) in [4.78, 5) is 0. The number of hydrogen-bond donors (Lipinski definition) is 1. The zero-order chi connectivity index (χ0) is 14.2. The van der Waals surface area contributed by atoms with Crippen molar-refractivity contribution in [3.8, 4) is 5.75 Å². The summed E-state index contributed by atoms with van der Waals surface area (Å²) in [6.45, 7) is 5.78. The molecule has 0 atom stereocenters. The predicted molar refractivity (Wildman–Crippen MR) is 84.1 cm³/mol. The van der Waals surface area contributed by atoms with Crippen LogP contribution in [0.5, 0.6) is 5.75 Å². The molecule has 3 heteroatoms. The van der Waals surface area contributed by atoms with Crippen molar-refractivity contribution in [2.24, 2.45) is 0 Å². The van der Waals surface area contributed by atoms with Gasteiger partial charge in [-0.05, 0) is 23.8 Å². The van der Waals surface area contributed by atoms with Crippen LogP contribution in [-0.2, 0) is 13.2 Å². The number of benzene rings is 2. The molecule has 0 unspecified atom stereocenters. The maximum absolute atomic E-state index is 5.88. The van der Waals surface area contributed by atoms with Gasteiger partial charge >= 0.3 is 0 Å². The summed E-state index contributed by atoms with van der Waals surface area (Å²) in [7, 11) is 0. The molecule has 0 fully saturated rings. The molecule has 0 heterocycles. The highest BCUT2D eigenvalue weighted by atomic mass is 35.5. The fourth-order valence-corrected chi connectivity index (χ4v) is 1.97. The van der Waals surface area contributed by atoms with Gasteiger partial charge in [0.05, 0.1) is 0 Å². The molecule has 0 saturated carbocycles. The van der Waals surface area contributed by atoms with E-state index in [-0.39, 0.29) is 0 Å². The Morgan fingerprint density at radius 3 is 2.60 bits per heavy atom. The third-order valence-corrected chi connectivity index (χ3v) is 3.14. The first-order chi connectivity index (χ1) is 9.79. The van der Waals surface area contributed by atoms with Crippen LogP contribution in [0.25, 0.3) is 0 Å². The van der Waals surface area contributed by atoms with Crippen molar-refractivity contribution < 1.29 is 4.74 Å². The fraction of sp³-hybridized carbons (Fsp3) is 0.176. The molecule has 0 aliphatic carbocycles. The number of hydrogen-bond acceptors (Lipinski definition) is 2. The summed E-state index contributed by atoms with van der Waals surface area (Å²) >= 11 is 5.87. The van der Waals surface area contributed by atoms with E-state index in [0.717, 1.165) is 35.0 Å². The van der Waals surface area contributed by atoms with E-state index in [4.69, 9.17) is 16.3 Å². The SMILES string of the molecule is C=CCNCc1ccccc1OCc1ccc(Cl)cc1. The predicted octanol–water partition coefficient (Wildman–Crippen LogP) is 4.19. The summed E-state index contributed by atoms with van der Waals surface area (Å²) in [5, 5.41) is 4.02. The van der Waals surface area contributed by atoms with Crippen LogP contribution in [0.2, 0.25) is 5.02 Å². The Morgan fingerprint density at radius 1 is 1.10 bits per heavy atom. The lowest BCUT2D eigenvalue weighted by atomic mass is 10.2. The molecule has 2 nitrogen and oxygen atoms in total. The molecule has 2 aromatic rings. The van der Waals surface area contributed by atoms with Crippen molar-refractivity contribution in [1.82, 2.24) is 5.32 Å². The van der Waals surface area contributed by atoms with Crippen LogP contribution in [0.4, 0.5) is 0 Å². The third kappa shape index (κ3) is 4.41. The minimum atomic E-state index is 0.537. The number of para-hydroxylation sites is 1. The van der Waals surface area contributed by atoms with Crippen molar-refractivity contribution in [3.05, 3.63) is 77.3 Å².